The number of aromatic nitrogens is 2. The number of carbonyl (C=O) groups is 1. The second-order valence-corrected chi connectivity index (χ2v) is 18.5. The summed E-state index contributed by atoms with van der Waals surface area (Å²) in [5.74, 6) is -0.993. The van der Waals surface area contributed by atoms with E-state index in [1.165, 1.54) is 0 Å². The van der Waals surface area contributed by atoms with Gasteiger partial charge in [-0.25, -0.2) is 0 Å². The molecule has 0 saturated heterocycles. The number of hydrogen-bond donors (Lipinski definition) is 1. The molecule has 1 aromatic rings. The Labute approximate surface area is 87.3 Å². The number of carboxylic acids is 1. The predicted molar refractivity (Wildman–Crippen MR) is 56.7 cm³/mol. The summed E-state index contributed by atoms with van der Waals surface area (Å²) in [4.78, 5) is 25.6. The third-order valence-corrected chi connectivity index (χ3v) is 7.00. The average molecular weight is 301 g/mol. The first kappa shape index (κ1) is 11.4. The minimum atomic E-state index is -2.28. The van der Waals surface area contributed by atoms with Crippen LogP contribution in [0.25, 0.3) is 0 Å². The molecule has 1 rings (SSSR count). The van der Waals surface area contributed by atoms with E-state index < -0.39 is 24.3 Å². The number of aryl methyl sites for hydroxylation is 1. The van der Waals surface area contributed by atoms with Crippen LogP contribution in [0.4, 0.5) is 0 Å². The van der Waals surface area contributed by atoms with Crippen LogP contribution >= 0.6 is 0 Å². The summed E-state index contributed by atoms with van der Waals surface area (Å²) in [6, 6.07) is 0. The Morgan fingerprint density at radius 3 is 2.43 bits per heavy atom. The fourth-order valence-corrected chi connectivity index (χ4v) is 3.58. The summed E-state index contributed by atoms with van der Waals surface area (Å²) in [6.45, 7) is 1.67. The summed E-state index contributed by atoms with van der Waals surface area (Å²) in [5, 5.41) is 8.88. The van der Waals surface area contributed by atoms with Gasteiger partial charge in [0, 0.05) is 0 Å². The zero-order valence-corrected chi connectivity index (χ0v) is 11.7. The predicted octanol–water partition coefficient (Wildman–Crippen LogP) is 1.03. The summed E-state index contributed by atoms with van der Waals surface area (Å²) in [6.07, 6.45) is 1.72. The van der Waals surface area contributed by atoms with E-state index in [0.29, 0.717) is 5.69 Å². The minimum absolute atomic E-state index is 0.0918. The number of rotatable bonds is 2. The van der Waals surface area contributed by atoms with Crippen LogP contribution in [0.5, 0.6) is 0 Å². The molecule has 4 nitrogen and oxygen atoms in total. The first-order valence-corrected chi connectivity index (χ1v) is 14.4. The molecule has 0 saturated carbocycles. The van der Waals surface area contributed by atoms with Crippen molar-refractivity contribution >= 4 is 28.1 Å². The first-order chi connectivity index (χ1) is 6.32. The second kappa shape index (κ2) is 3.84. The van der Waals surface area contributed by atoms with Gasteiger partial charge >= 0.3 is 87.3 Å². The maximum absolute atomic E-state index is 10.8. The van der Waals surface area contributed by atoms with Crippen LogP contribution < -0.4 is 3.71 Å². The fraction of sp³-hybridized carbons (Fsp3) is 0.444. The van der Waals surface area contributed by atoms with E-state index in [9.17, 15) is 4.79 Å². The quantitative estimate of drug-likeness (QED) is 0.829. The molecule has 0 aliphatic rings. The van der Waals surface area contributed by atoms with Crippen LogP contribution in [-0.2, 0) is 0 Å². The Bertz CT molecular complexity index is 372. The molecule has 0 fully saturated rings. The summed E-state index contributed by atoms with van der Waals surface area (Å²) < 4.78 is 0.905. The van der Waals surface area contributed by atoms with E-state index >= 15 is 0 Å². The monoisotopic (exact) mass is 302 g/mol. The van der Waals surface area contributed by atoms with Gasteiger partial charge in [0.1, 0.15) is 0 Å². The third kappa shape index (κ3) is 2.43. The molecule has 0 unspecified atom stereocenters. The Hall–Kier alpha value is -0.651. The maximum atomic E-state index is 10.8. The van der Waals surface area contributed by atoms with E-state index in [-0.39, 0.29) is 5.69 Å². The third-order valence-electron chi connectivity index (χ3n) is 1.93. The van der Waals surface area contributed by atoms with Gasteiger partial charge in [-0.05, 0) is 0 Å². The van der Waals surface area contributed by atoms with Crippen LogP contribution in [0, 0.1) is 6.92 Å². The van der Waals surface area contributed by atoms with E-state index in [2.05, 4.69) is 24.8 Å². The van der Waals surface area contributed by atoms with Gasteiger partial charge in [-0.15, -0.1) is 0 Å². The standard InChI is InChI=1S/C6H5N2O2.3CH3.Sn/c1-4-5(6(9)10)8-3-2-7-4;;;;/h2H,1H3,(H,9,10);3*1H3;. The molecule has 0 atom stereocenters. The molecule has 0 aliphatic heterocycles. The molecule has 1 heterocycles. The van der Waals surface area contributed by atoms with E-state index in [4.69, 9.17) is 5.11 Å². The topological polar surface area (TPSA) is 63.1 Å². The van der Waals surface area contributed by atoms with Crippen LogP contribution in [0.3, 0.4) is 0 Å². The Morgan fingerprint density at radius 1 is 1.43 bits per heavy atom. The molecule has 0 radical (unpaired) electrons. The van der Waals surface area contributed by atoms with Gasteiger partial charge in [-0.2, -0.15) is 0 Å². The summed E-state index contributed by atoms with van der Waals surface area (Å²) in [5.41, 5.74) is 0.575. The van der Waals surface area contributed by atoms with Gasteiger partial charge in [-0.3, -0.25) is 0 Å². The van der Waals surface area contributed by atoms with Gasteiger partial charge in [0.25, 0.3) is 0 Å². The van der Waals surface area contributed by atoms with Crippen LogP contribution in [0.15, 0.2) is 6.20 Å². The van der Waals surface area contributed by atoms with Crippen molar-refractivity contribution in [3.05, 3.63) is 17.6 Å². The molecule has 76 valence electrons. The number of hydrogen-bond acceptors (Lipinski definition) is 3. The fourth-order valence-electron chi connectivity index (χ4n) is 1.01. The molecule has 0 aliphatic carbocycles. The molecular weight excluding hydrogens is 287 g/mol. The van der Waals surface area contributed by atoms with Crippen molar-refractivity contribution in [2.24, 2.45) is 0 Å². The van der Waals surface area contributed by atoms with Crippen molar-refractivity contribution in [2.75, 3.05) is 0 Å². The number of aromatic carboxylic acids is 1. The summed E-state index contributed by atoms with van der Waals surface area (Å²) >= 11 is -2.28. The molecule has 0 spiro atoms. The second-order valence-electron chi connectivity index (χ2n) is 4.24. The van der Waals surface area contributed by atoms with Crippen LogP contribution in [0.1, 0.15) is 16.2 Å². The molecule has 14 heavy (non-hydrogen) atoms. The van der Waals surface area contributed by atoms with E-state index in [1.54, 1.807) is 13.1 Å². The van der Waals surface area contributed by atoms with Gasteiger partial charge in [0.2, 0.25) is 0 Å². The Balaban J connectivity index is 3.27. The van der Waals surface area contributed by atoms with Gasteiger partial charge in [0.05, 0.1) is 0 Å². The number of nitrogens with zero attached hydrogens (tertiary/aromatic N) is 2. The molecule has 1 aromatic heterocycles. The molecule has 0 amide bonds. The van der Waals surface area contributed by atoms with Gasteiger partial charge in [0.15, 0.2) is 0 Å². The van der Waals surface area contributed by atoms with Crippen molar-refractivity contribution in [1.29, 1.82) is 0 Å². The molecular formula is C9H14N2O2Sn. The Morgan fingerprint density at radius 2 is 2.00 bits per heavy atom. The zero-order chi connectivity index (χ0) is 10.9. The molecule has 5 heteroatoms. The Kier molecular flexibility index (Phi) is 3.13. The van der Waals surface area contributed by atoms with Crippen molar-refractivity contribution in [3.63, 3.8) is 0 Å². The van der Waals surface area contributed by atoms with Gasteiger partial charge < -0.3 is 0 Å². The van der Waals surface area contributed by atoms with Crippen molar-refractivity contribution < 1.29 is 9.90 Å². The van der Waals surface area contributed by atoms with Crippen molar-refractivity contribution in [1.82, 2.24) is 9.97 Å². The average Bonchev–Trinajstić information content (AvgIpc) is 2.02. The summed E-state index contributed by atoms with van der Waals surface area (Å²) in [7, 11) is 0. The van der Waals surface area contributed by atoms with E-state index in [0.717, 1.165) is 3.71 Å². The van der Waals surface area contributed by atoms with Crippen LogP contribution in [0.2, 0.25) is 14.8 Å². The first-order valence-electron chi connectivity index (χ1n) is 4.40. The zero-order valence-electron chi connectivity index (χ0n) is 8.83. The number of carboxylic acid groups (broad SMARTS) is 1. The van der Waals surface area contributed by atoms with Crippen molar-refractivity contribution in [3.8, 4) is 0 Å². The SMILES string of the molecule is Cc1nc[c]([Sn]([CH3])([CH3])[CH3])nc1C(=O)O. The van der Waals surface area contributed by atoms with Crippen LogP contribution in [-0.4, -0.2) is 39.4 Å². The van der Waals surface area contributed by atoms with E-state index in [1.807, 2.05) is 0 Å². The molecule has 1 N–H and O–H groups in total. The molecule has 0 aromatic carbocycles. The van der Waals surface area contributed by atoms with Gasteiger partial charge in [-0.1, -0.05) is 0 Å². The van der Waals surface area contributed by atoms with Crippen molar-refractivity contribution in [2.45, 2.75) is 21.7 Å². The normalized spacial score (nSPS) is 11.4. The molecule has 0 bridgehead atoms.